The van der Waals surface area contributed by atoms with Crippen molar-refractivity contribution in [2.24, 2.45) is 0 Å². The second kappa shape index (κ2) is 6.59. The highest BCUT2D eigenvalue weighted by molar-refractivity contribution is 5.54. The number of rotatable bonds is 3. The summed E-state index contributed by atoms with van der Waals surface area (Å²) < 4.78 is 0. The van der Waals surface area contributed by atoms with Gasteiger partial charge in [0.25, 0.3) is 0 Å². The molecule has 5 heteroatoms. The van der Waals surface area contributed by atoms with Gasteiger partial charge in [-0.15, -0.1) is 0 Å². The summed E-state index contributed by atoms with van der Waals surface area (Å²) in [5, 5.41) is 30.3. The van der Waals surface area contributed by atoms with E-state index >= 15 is 0 Å². The van der Waals surface area contributed by atoms with Crippen molar-refractivity contribution in [1.29, 1.82) is 15.8 Å². The maximum absolute atomic E-state index is 9.29. The highest BCUT2D eigenvalue weighted by Gasteiger charge is 2.23. The summed E-state index contributed by atoms with van der Waals surface area (Å²) in [6, 6.07) is 6.21. The maximum atomic E-state index is 9.29. The van der Waals surface area contributed by atoms with Gasteiger partial charge in [-0.3, -0.25) is 0 Å². The zero-order chi connectivity index (χ0) is 14.4. The molecule has 19 heavy (non-hydrogen) atoms. The van der Waals surface area contributed by atoms with Crippen LogP contribution in [0, 0.1) is 34.0 Å². The Bertz CT molecular complexity index is 520. The van der Waals surface area contributed by atoms with Gasteiger partial charge in [-0.1, -0.05) is 0 Å². The molecule has 98 valence electrons. The van der Waals surface area contributed by atoms with Crippen molar-refractivity contribution in [3.63, 3.8) is 0 Å². The fourth-order valence-corrected chi connectivity index (χ4v) is 2.21. The Morgan fingerprint density at radius 1 is 1.16 bits per heavy atom. The summed E-state index contributed by atoms with van der Waals surface area (Å²) >= 11 is 0. The molecule has 0 aromatic rings. The first kappa shape index (κ1) is 14.8. The first-order valence-electron chi connectivity index (χ1n) is 6.13. The van der Waals surface area contributed by atoms with Gasteiger partial charge in [0.2, 0.25) is 0 Å². The van der Waals surface area contributed by atoms with Gasteiger partial charge in [0, 0.05) is 24.8 Å². The third-order valence-electron chi connectivity index (χ3n) is 3.52. The molecule has 1 fully saturated rings. The Morgan fingerprint density at radius 2 is 1.79 bits per heavy atom. The smallest absolute Gasteiger partial charge is 0.133 e. The quantitative estimate of drug-likeness (QED) is 0.609. The normalized spacial score (nSPS) is 18.9. The average Bonchev–Trinajstić information content (AvgIpc) is 2.89. The van der Waals surface area contributed by atoms with Crippen molar-refractivity contribution >= 4 is 0 Å². The van der Waals surface area contributed by atoms with Gasteiger partial charge in [-0.25, -0.2) is 0 Å². The molecule has 0 aliphatic carbocycles. The number of allylic oxidation sites excluding steroid dienone is 4. The maximum Gasteiger partial charge on any atom is 0.133 e. The van der Waals surface area contributed by atoms with Crippen molar-refractivity contribution in [3.05, 3.63) is 22.4 Å². The molecule has 0 spiro atoms. The van der Waals surface area contributed by atoms with Crippen LogP contribution in [0.15, 0.2) is 22.4 Å². The van der Waals surface area contributed by atoms with E-state index in [9.17, 15) is 5.26 Å². The second-order valence-corrected chi connectivity index (χ2v) is 4.52. The van der Waals surface area contributed by atoms with Gasteiger partial charge < -0.3 is 10.2 Å². The zero-order valence-corrected chi connectivity index (χ0v) is 11.5. The molecule has 1 rings (SSSR count). The van der Waals surface area contributed by atoms with Crippen LogP contribution in [0.5, 0.6) is 0 Å². The van der Waals surface area contributed by atoms with E-state index in [0.717, 1.165) is 25.2 Å². The van der Waals surface area contributed by atoms with Crippen molar-refractivity contribution in [1.82, 2.24) is 10.2 Å². The molecule has 0 bridgehead atoms. The van der Waals surface area contributed by atoms with Crippen LogP contribution in [0.4, 0.5) is 0 Å². The van der Waals surface area contributed by atoms with E-state index in [0.29, 0.717) is 17.2 Å². The van der Waals surface area contributed by atoms with E-state index in [1.54, 1.807) is 6.92 Å². The SMILES string of the molecule is CNC1CCN(/C(C)=C(\C#N)C(C)=C(C#N)C#N)C1. The molecule has 5 nitrogen and oxygen atoms in total. The highest BCUT2D eigenvalue weighted by Crippen LogP contribution is 2.23. The number of likely N-dealkylation sites (N-methyl/N-ethyl adjacent to an activating group) is 1. The van der Waals surface area contributed by atoms with Crippen LogP contribution in [-0.4, -0.2) is 31.1 Å². The summed E-state index contributed by atoms with van der Waals surface area (Å²) in [7, 11) is 1.92. The predicted octanol–water partition coefficient (Wildman–Crippen LogP) is 1.44. The minimum absolute atomic E-state index is 0.000244. The van der Waals surface area contributed by atoms with Crippen molar-refractivity contribution in [2.45, 2.75) is 26.3 Å². The minimum Gasteiger partial charge on any atom is -0.372 e. The van der Waals surface area contributed by atoms with Gasteiger partial charge in [-0.05, 0) is 32.9 Å². The van der Waals surface area contributed by atoms with Crippen molar-refractivity contribution in [2.75, 3.05) is 20.1 Å². The summed E-state index contributed by atoms with van der Waals surface area (Å²) in [6.45, 7) is 5.24. The number of hydrogen-bond acceptors (Lipinski definition) is 5. The lowest BCUT2D eigenvalue weighted by Crippen LogP contribution is -2.29. The molecule has 0 radical (unpaired) electrons. The van der Waals surface area contributed by atoms with Crippen LogP contribution in [-0.2, 0) is 0 Å². The number of nitrogens with zero attached hydrogens (tertiary/aromatic N) is 4. The standard InChI is InChI=1S/C14H17N5/c1-10(12(6-15)7-16)14(8-17)11(2)19-5-4-13(9-19)18-3/h13,18H,4-5,9H2,1-3H3/b14-11+. The summed E-state index contributed by atoms with van der Waals surface area (Å²) in [5.74, 6) is 0. The molecule has 0 aromatic carbocycles. The Morgan fingerprint density at radius 3 is 2.21 bits per heavy atom. The first-order valence-corrected chi connectivity index (χ1v) is 6.13. The monoisotopic (exact) mass is 255 g/mol. The van der Waals surface area contributed by atoms with Crippen LogP contribution in [0.25, 0.3) is 0 Å². The molecule has 1 saturated heterocycles. The van der Waals surface area contributed by atoms with E-state index < -0.39 is 0 Å². The zero-order valence-electron chi connectivity index (χ0n) is 11.5. The lowest BCUT2D eigenvalue weighted by Gasteiger charge is -2.21. The van der Waals surface area contributed by atoms with Gasteiger partial charge in [0.1, 0.15) is 23.8 Å². The number of likely N-dealkylation sites (tertiary alicyclic amines) is 1. The Kier molecular flexibility index (Phi) is 5.12. The van der Waals surface area contributed by atoms with Gasteiger partial charge in [-0.2, -0.15) is 15.8 Å². The van der Waals surface area contributed by atoms with E-state index in [2.05, 4.69) is 16.3 Å². The molecule has 0 amide bonds. The lowest BCUT2D eigenvalue weighted by atomic mass is 10.0. The molecule has 1 aliphatic rings. The molecular formula is C14H17N5. The van der Waals surface area contributed by atoms with Crippen LogP contribution >= 0.6 is 0 Å². The van der Waals surface area contributed by atoms with Crippen molar-refractivity contribution < 1.29 is 0 Å². The van der Waals surface area contributed by atoms with Crippen LogP contribution in [0.3, 0.4) is 0 Å². The fourth-order valence-electron chi connectivity index (χ4n) is 2.21. The number of hydrogen-bond donors (Lipinski definition) is 1. The molecular weight excluding hydrogens is 238 g/mol. The molecule has 0 aromatic heterocycles. The lowest BCUT2D eigenvalue weighted by molar-refractivity contribution is 0.410. The van der Waals surface area contributed by atoms with Crippen LogP contribution < -0.4 is 5.32 Å². The Balaban J connectivity index is 3.13. The summed E-state index contributed by atoms with van der Waals surface area (Å²) in [4.78, 5) is 2.12. The second-order valence-electron chi connectivity index (χ2n) is 4.52. The molecule has 1 unspecified atom stereocenters. The summed E-state index contributed by atoms with van der Waals surface area (Å²) in [5.41, 5.74) is 1.72. The van der Waals surface area contributed by atoms with Gasteiger partial charge in [0.05, 0.1) is 5.57 Å². The van der Waals surface area contributed by atoms with Gasteiger partial charge >= 0.3 is 0 Å². The van der Waals surface area contributed by atoms with E-state index in [1.165, 1.54) is 0 Å². The summed E-state index contributed by atoms with van der Waals surface area (Å²) in [6.07, 6.45) is 1.03. The molecule has 1 atom stereocenters. The topological polar surface area (TPSA) is 86.6 Å². The van der Waals surface area contributed by atoms with E-state index in [4.69, 9.17) is 10.5 Å². The average molecular weight is 255 g/mol. The molecule has 0 saturated carbocycles. The van der Waals surface area contributed by atoms with E-state index in [1.807, 2.05) is 26.1 Å². The van der Waals surface area contributed by atoms with E-state index in [-0.39, 0.29) is 5.57 Å². The third kappa shape index (κ3) is 3.13. The first-order chi connectivity index (χ1) is 9.08. The molecule has 1 aliphatic heterocycles. The van der Waals surface area contributed by atoms with Crippen LogP contribution in [0.1, 0.15) is 20.3 Å². The molecule has 1 N–H and O–H groups in total. The predicted molar refractivity (Wildman–Crippen MR) is 71.3 cm³/mol. The van der Waals surface area contributed by atoms with Crippen LogP contribution in [0.2, 0.25) is 0 Å². The third-order valence-corrected chi connectivity index (χ3v) is 3.52. The van der Waals surface area contributed by atoms with Gasteiger partial charge in [0.15, 0.2) is 0 Å². The Labute approximate surface area is 114 Å². The number of nitriles is 3. The molecule has 1 heterocycles. The largest absolute Gasteiger partial charge is 0.372 e. The minimum atomic E-state index is 0.000244. The van der Waals surface area contributed by atoms with Crippen molar-refractivity contribution in [3.8, 4) is 18.2 Å². The highest BCUT2D eigenvalue weighted by atomic mass is 15.2. The Hall–Kier alpha value is -2.29. The number of nitrogens with one attached hydrogen (secondary N) is 1. The fraction of sp³-hybridized carbons (Fsp3) is 0.500.